The zero-order valence-electron chi connectivity index (χ0n) is 12.8. The van der Waals surface area contributed by atoms with Crippen LogP contribution in [-0.2, 0) is 11.3 Å². The Kier molecular flexibility index (Phi) is 6.04. The van der Waals surface area contributed by atoms with Gasteiger partial charge in [-0.05, 0) is 24.3 Å². The summed E-state index contributed by atoms with van der Waals surface area (Å²) in [6.07, 6.45) is 4.90. The van der Waals surface area contributed by atoms with Gasteiger partial charge in [0.15, 0.2) is 5.96 Å². The molecule has 1 fully saturated rings. The summed E-state index contributed by atoms with van der Waals surface area (Å²) in [7, 11) is 3.50. The number of likely N-dealkylation sites (N-methyl/N-ethyl adjacent to an activating group) is 1. The maximum atomic E-state index is 11.7. The molecule has 1 saturated carbocycles. The number of nitrogens with zero attached hydrogens (tertiary/aromatic N) is 2. The van der Waals surface area contributed by atoms with Crippen molar-refractivity contribution in [2.24, 2.45) is 4.99 Å². The van der Waals surface area contributed by atoms with Gasteiger partial charge in [0, 0.05) is 25.0 Å². The zero-order chi connectivity index (χ0) is 15.1. The number of carbonyl (C=O) groups is 1. The Morgan fingerprint density at radius 3 is 2.81 bits per heavy atom. The molecule has 0 aliphatic heterocycles. The van der Waals surface area contributed by atoms with Crippen molar-refractivity contribution in [2.75, 3.05) is 20.6 Å². The first-order valence-electron chi connectivity index (χ1n) is 7.42. The highest BCUT2D eigenvalue weighted by Gasteiger charge is 2.16. The fourth-order valence-corrected chi connectivity index (χ4v) is 2.93. The summed E-state index contributed by atoms with van der Waals surface area (Å²) < 4.78 is 0. The maximum absolute atomic E-state index is 11.7. The molecule has 1 aliphatic rings. The summed E-state index contributed by atoms with van der Waals surface area (Å²) in [5, 5.41) is 8.83. The fourth-order valence-electron chi connectivity index (χ4n) is 2.29. The van der Waals surface area contributed by atoms with Crippen LogP contribution in [-0.4, -0.2) is 43.4 Å². The zero-order valence-corrected chi connectivity index (χ0v) is 13.6. The Bertz CT molecular complexity index is 464. The van der Waals surface area contributed by atoms with Gasteiger partial charge in [-0.2, -0.15) is 0 Å². The Morgan fingerprint density at radius 1 is 1.43 bits per heavy atom. The van der Waals surface area contributed by atoms with E-state index >= 15 is 0 Å². The molecule has 1 aliphatic carbocycles. The average molecular weight is 308 g/mol. The van der Waals surface area contributed by atoms with E-state index < -0.39 is 0 Å². The first kappa shape index (κ1) is 15.8. The van der Waals surface area contributed by atoms with E-state index in [-0.39, 0.29) is 12.5 Å². The Morgan fingerprint density at radius 2 is 2.19 bits per heavy atom. The quantitative estimate of drug-likeness (QED) is 0.644. The van der Waals surface area contributed by atoms with Crippen molar-refractivity contribution in [1.29, 1.82) is 0 Å². The average Bonchev–Trinajstić information content (AvgIpc) is 3.14. The SMILES string of the molecule is CN(C)C(=O)CN=C(NCc1cccs1)NC1CCCC1. The van der Waals surface area contributed by atoms with Gasteiger partial charge in [0.1, 0.15) is 6.54 Å². The molecule has 1 heterocycles. The topological polar surface area (TPSA) is 56.7 Å². The van der Waals surface area contributed by atoms with Gasteiger partial charge in [-0.3, -0.25) is 4.79 Å². The number of nitrogens with one attached hydrogen (secondary N) is 2. The molecular weight excluding hydrogens is 284 g/mol. The minimum Gasteiger partial charge on any atom is -0.354 e. The largest absolute Gasteiger partial charge is 0.354 e. The van der Waals surface area contributed by atoms with Crippen LogP contribution in [0.3, 0.4) is 0 Å². The first-order valence-corrected chi connectivity index (χ1v) is 8.30. The highest BCUT2D eigenvalue weighted by molar-refractivity contribution is 7.09. The molecule has 1 aromatic rings. The molecule has 2 rings (SSSR count). The monoisotopic (exact) mass is 308 g/mol. The molecule has 21 heavy (non-hydrogen) atoms. The minimum absolute atomic E-state index is 0.0126. The third-order valence-electron chi connectivity index (χ3n) is 3.58. The summed E-state index contributed by atoms with van der Waals surface area (Å²) in [4.78, 5) is 18.9. The highest BCUT2D eigenvalue weighted by Crippen LogP contribution is 2.17. The molecule has 116 valence electrons. The lowest BCUT2D eigenvalue weighted by molar-refractivity contribution is -0.127. The maximum Gasteiger partial charge on any atom is 0.243 e. The Hall–Kier alpha value is -1.56. The minimum atomic E-state index is 0.0126. The Balaban J connectivity index is 1.91. The molecule has 2 N–H and O–H groups in total. The summed E-state index contributed by atoms with van der Waals surface area (Å²) in [5.74, 6) is 0.754. The predicted molar refractivity (Wildman–Crippen MR) is 87.5 cm³/mol. The van der Waals surface area contributed by atoms with Crippen molar-refractivity contribution in [2.45, 2.75) is 38.3 Å². The molecule has 0 unspecified atom stereocenters. The molecule has 0 aromatic carbocycles. The number of hydrogen-bond donors (Lipinski definition) is 2. The molecule has 0 spiro atoms. The summed E-state index contributed by atoms with van der Waals surface area (Å²) in [6.45, 7) is 0.922. The summed E-state index contributed by atoms with van der Waals surface area (Å²) >= 11 is 1.72. The lowest BCUT2D eigenvalue weighted by Crippen LogP contribution is -2.42. The number of guanidine groups is 1. The van der Waals surface area contributed by atoms with E-state index in [1.807, 2.05) is 6.07 Å². The van der Waals surface area contributed by atoms with Gasteiger partial charge in [-0.1, -0.05) is 18.9 Å². The fraction of sp³-hybridized carbons (Fsp3) is 0.600. The smallest absolute Gasteiger partial charge is 0.243 e. The number of hydrogen-bond acceptors (Lipinski definition) is 3. The lowest BCUT2D eigenvalue weighted by atomic mass is 10.2. The number of aliphatic imine (C=N–C) groups is 1. The van der Waals surface area contributed by atoms with Crippen LogP contribution in [0.25, 0.3) is 0 Å². The molecule has 1 aromatic heterocycles. The predicted octanol–water partition coefficient (Wildman–Crippen LogP) is 1.81. The standard InChI is InChI=1S/C15H24N4OS/c1-19(2)14(20)11-17-15(18-12-6-3-4-7-12)16-10-13-8-5-9-21-13/h5,8-9,12H,3-4,6-7,10-11H2,1-2H3,(H2,16,17,18). The molecule has 1 amide bonds. The van der Waals surface area contributed by atoms with Gasteiger partial charge < -0.3 is 15.5 Å². The highest BCUT2D eigenvalue weighted by atomic mass is 32.1. The van der Waals surface area contributed by atoms with E-state index in [9.17, 15) is 4.79 Å². The van der Waals surface area contributed by atoms with E-state index in [1.165, 1.54) is 30.6 Å². The van der Waals surface area contributed by atoms with E-state index in [4.69, 9.17) is 0 Å². The Labute approximate surface area is 130 Å². The second-order valence-electron chi connectivity index (χ2n) is 5.51. The molecule has 5 nitrogen and oxygen atoms in total. The van der Waals surface area contributed by atoms with Gasteiger partial charge in [-0.15, -0.1) is 11.3 Å². The molecular formula is C15H24N4OS. The van der Waals surface area contributed by atoms with Crippen LogP contribution in [0.2, 0.25) is 0 Å². The third kappa shape index (κ3) is 5.38. The van der Waals surface area contributed by atoms with Crippen LogP contribution >= 0.6 is 11.3 Å². The molecule has 6 heteroatoms. The van der Waals surface area contributed by atoms with Gasteiger partial charge in [0.25, 0.3) is 0 Å². The van der Waals surface area contributed by atoms with Crippen molar-refractivity contribution in [3.8, 4) is 0 Å². The van der Waals surface area contributed by atoms with Crippen molar-refractivity contribution in [3.05, 3.63) is 22.4 Å². The van der Waals surface area contributed by atoms with E-state index in [1.54, 1.807) is 30.3 Å². The van der Waals surface area contributed by atoms with Crippen molar-refractivity contribution in [3.63, 3.8) is 0 Å². The number of rotatable bonds is 5. The number of carbonyl (C=O) groups excluding carboxylic acids is 1. The van der Waals surface area contributed by atoms with Crippen molar-refractivity contribution >= 4 is 23.2 Å². The van der Waals surface area contributed by atoms with E-state index in [2.05, 4.69) is 27.1 Å². The molecule has 0 radical (unpaired) electrons. The second-order valence-corrected chi connectivity index (χ2v) is 6.54. The second kappa shape index (κ2) is 8.02. The number of thiophene rings is 1. The first-order chi connectivity index (χ1) is 10.1. The van der Waals surface area contributed by atoms with E-state index in [0.717, 1.165) is 12.5 Å². The van der Waals surface area contributed by atoms with Crippen LogP contribution < -0.4 is 10.6 Å². The molecule has 0 bridgehead atoms. The molecule has 0 atom stereocenters. The lowest BCUT2D eigenvalue weighted by Gasteiger charge is -2.17. The van der Waals surface area contributed by atoms with Crippen LogP contribution in [0.1, 0.15) is 30.6 Å². The number of amides is 1. The van der Waals surface area contributed by atoms with Crippen molar-refractivity contribution < 1.29 is 4.79 Å². The van der Waals surface area contributed by atoms with Crippen molar-refractivity contribution in [1.82, 2.24) is 15.5 Å². The van der Waals surface area contributed by atoms with Crippen LogP contribution in [0, 0.1) is 0 Å². The van der Waals surface area contributed by atoms with E-state index in [0.29, 0.717) is 6.04 Å². The molecule has 0 saturated heterocycles. The van der Waals surface area contributed by atoms with Crippen LogP contribution in [0.15, 0.2) is 22.5 Å². The normalized spacial score (nSPS) is 16.0. The van der Waals surface area contributed by atoms with Gasteiger partial charge in [0.05, 0.1) is 6.54 Å². The van der Waals surface area contributed by atoms with Gasteiger partial charge in [-0.25, -0.2) is 4.99 Å². The van der Waals surface area contributed by atoms with Crippen LogP contribution in [0.4, 0.5) is 0 Å². The van der Waals surface area contributed by atoms with Gasteiger partial charge in [0.2, 0.25) is 5.91 Å². The van der Waals surface area contributed by atoms with Gasteiger partial charge >= 0.3 is 0 Å². The third-order valence-corrected chi connectivity index (χ3v) is 4.45. The van der Waals surface area contributed by atoms with Crippen LogP contribution in [0.5, 0.6) is 0 Å². The summed E-state index contributed by atoms with van der Waals surface area (Å²) in [6, 6.07) is 4.61. The summed E-state index contributed by atoms with van der Waals surface area (Å²) in [5.41, 5.74) is 0.